The molecule has 0 amide bonds. The van der Waals surface area contributed by atoms with Crippen LogP contribution in [0.3, 0.4) is 0 Å². The molecule has 0 spiro atoms. The summed E-state index contributed by atoms with van der Waals surface area (Å²) in [6.07, 6.45) is 0.531. The fourth-order valence-corrected chi connectivity index (χ4v) is 2.32. The summed E-state index contributed by atoms with van der Waals surface area (Å²) in [5.74, 6) is 5.99. The van der Waals surface area contributed by atoms with Crippen LogP contribution in [0.5, 0.6) is 0 Å². The second-order valence-corrected chi connectivity index (χ2v) is 5.76. The third kappa shape index (κ3) is 4.08. The molecule has 0 aromatic heterocycles. The number of aliphatic hydroxyl groups excluding tert-OH is 1. The van der Waals surface area contributed by atoms with Gasteiger partial charge in [0, 0.05) is 30.6 Å². The van der Waals surface area contributed by atoms with Gasteiger partial charge in [-0.1, -0.05) is 24.0 Å². The van der Waals surface area contributed by atoms with Crippen LogP contribution in [0.4, 0.5) is 0 Å². The molecule has 1 aromatic rings. The highest BCUT2D eigenvalue weighted by molar-refractivity contribution is 5.36. The predicted molar refractivity (Wildman–Crippen MR) is 80.3 cm³/mol. The Morgan fingerprint density at radius 3 is 2.70 bits per heavy atom. The highest BCUT2D eigenvalue weighted by Gasteiger charge is 2.30. The Hall–Kier alpha value is -1.34. The third-order valence-electron chi connectivity index (χ3n) is 3.61. The van der Waals surface area contributed by atoms with Gasteiger partial charge >= 0.3 is 0 Å². The highest BCUT2D eigenvalue weighted by atomic mass is 16.5. The van der Waals surface area contributed by atoms with E-state index in [0.29, 0.717) is 6.42 Å². The minimum atomic E-state index is 0.0951. The van der Waals surface area contributed by atoms with Crippen molar-refractivity contribution in [2.24, 2.45) is 0 Å². The molecule has 1 aliphatic heterocycles. The quantitative estimate of drug-likeness (QED) is 0.855. The van der Waals surface area contributed by atoms with Gasteiger partial charge in [0.25, 0.3) is 0 Å². The van der Waals surface area contributed by atoms with E-state index in [1.54, 1.807) is 0 Å². The maximum atomic E-state index is 8.70. The number of ether oxygens (including phenoxy) is 1. The molecule has 108 valence electrons. The van der Waals surface area contributed by atoms with E-state index in [1.807, 2.05) is 12.1 Å². The van der Waals surface area contributed by atoms with Crippen LogP contribution < -0.4 is 0 Å². The highest BCUT2D eigenvalue weighted by Crippen LogP contribution is 2.21. The van der Waals surface area contributed by atoms with Crippen molar-refractivity contribution >= 4 is 0 Å². The van der Waals surface area contributed by atoms with E-state index in [4.69, 9.17) is 9.84 Å². The minimum absolute atomic E-state index is 0.0951. The number of morpholine rings is 1. The number of hydrogen-bond acceptors (Lipinski definition) is 3. The van der Waals surface area contributed by atoms with Crippen molar-refractivity contribution in [2.75, 3.05) is 26.4 Å². The van der Waals surface area contributed by atoms with Gasteiger partial charge in [0.1, 0.15) is 0 Å². The molecule has 2 rings (SSSR count). The van der Waals surface area contributed by atoms with Crippen LogP contribution in [-0.2, 0) is 11.3 Å². The Bertz CT molecular complexity index is 482. The predicted octanol–water partition coefficient (Wildman–Crippen LogP) is 2.03. The van der Waals surface area contributed by atoms with E-state index in [-0.39, 0.29) is 12.1 Å². The van der Waals surface area contributed by atoms with Gasteiger partial charge in [0.15, 0.2) is 0 Å². The average molecular weight is 273 g/mol. The summed E-state index contributed by atoms with van der Waals surface area (Å²) in [5.41, 5.74) is 2.40. The maximum absolute atomic E-state index is 8.70. The smallest absolute Gasteiger partial charge is 0.0645 e. The average Bonchev–Trinajstić information content (AvgIpc) is 2.43. The first-order chi connectivity index (χ1) is 9.62. The van der Waals surface area contributed by atoms with Crippen molar-refractivity contribution in [2.45, 2.75) is 32.4 Å². The molecule has 1 heterocycles. The summed E-state index contributed by atoms with van der Waals surface area (Å²) in [5, 5.41) is 8.70. The van der Waals surface area contributed by atoms with Crippen LogP contribution in [-0.4, -0.2) is 41.9 Å². The first-order valence-corrected chi connectivity index (χ1v) is 7.13. The van der Waals surface area contributed by atoms with Crippen LogP contribution in [0.25, 0.3) is 0 Å². The maximum Gasteiger partial charge on any atom is 0.0645 e. The lowest BCUT2D eigenvalue weighted by atomic mass is 10.0. The van der Waals surface area contributed by atoms with Gasteiger partial charge in [0.05, 0.1) is 19.8 Å². The standard InChI is InChI=1S/C17H23NO2/c1-17(2)14-20-12-10-18(17)13-16-8-6-15(7-9-16)5-3-4-11-19/h6-9,19H,4,10-14H2,1-2H3. The van der Waals surface area contributed by atoms with Gasteiger partial charge in [-0.3, -0.25) is 4.90 Å². The number of aliphatic hydroxyl groups is 1. The first-order valence-electron chi connectivity index (χ1n) is 7.13. The molecule has 1 N–H and O–H groups in total. The SMILES string of the molecule is CC1(C)COCCN1Cc1ccc(C#CCCO)cc1. The van der Waals surface area contributed by atoms with Gasteiger partial charge in [-0.2, -0.15) is 0 Å². The molecule has 20 heavy (non-hydrogen) atoms. The van der Waals surface area contributed by atoms with Crippen LogP contribution in [0.15, 0.2) is 24.3 Å². The zero-order valence-electron chi connectivity index (χ0n) is 12.4. The van der Waals surface area contributed by atoms with E-state index in [9.17, 15) is 0 Å². The zero-order valence-corrected chi connectivity index (χ0v) is 12.4. The number of hydrogen-bond donors (Lipinski definition) is 1. The molecule has 0 aliphatic carbocycles. The first kappa shape index (κ1) is 15.1. The molecule has 0 unspecified atom stereocenters. The molecule has 0 atom stereocenters. The number of benzene rings is 1. The van der Waals surface area contributed by atoms with Crippen molar-refractivity contribution in [3.63, 3.8) is 0 Å². The molecule has 3 heteroatoms. The molecule has 0 saturated carbocycles. The van der Waals surface area contributed by atoms with Crippen molar-refractivity contribution < 1.29 is 9.84 Å². The van der Waals surface area contributed by atoms with E-state index >= 15 is 0 Å². The third-order valence-corrected chi connectivity index (χ3v) is 3.61. The Kier molecular flexibility index (Phi) is 5.19. The van der Waals surface area contributed by atoms with Crippen molar-refractivity contribution in [1.29, 1.82) is 0 Å². The van der Waals surface area contributed by atoms with Crippen molar-refractivity contribution in [3.05, 3.63) is 35.4 Å². The van der Waals surface area contributed by atoms with Gasteiger partial charge < -0.3 is 9.84 Å². The number of rotatable bonds is 3. The summed E-state index contributed by atoms with van der Waals surface area (Å²) in [6.45, 7) is 8.09. The van der Waals surface area contributed by atoms with Crippen LogP contribution in [0.2, 0.25) is 0 Å². The van der Waals surface area contributed by atoms with Gasteiger partial charge in [0.2, 0.25) is 0 Å². The topological polar surface area (TPSA) is 32.7 Å². The molecule has 0 bridgehead atoms. The molecule has 3 nitrogen and oxygen atoms in total. The van der Waals surface area contributed by atoms with Crippen LogP contribution in [0.1, 0.15) is 31.4 Å². The van der Waals surface area contributed by atoms with E-state index in [2.05, 4.69) is 42.7 Å². The molecular formula is C17H23NO2. The van der Waals surface area contributed by atoms with E-state index < -0.39 is 0 Å². The van der Waals surface area contributed by atoms with Crippen LogP contribution >= 0.6 is 0 Å². The van der Waals surface area contributed by atoms with E-state index in [1.165, 1.54) is 5.56 Å². The van der Waals surface area contributed by atoms with Gasteiger partial charge in [-0.25, -0.2) is 0 Å². The Morgan fingerprint density at radius 1 is 1.30 bits per heavy atom. The van der Waals surface area contributed by atoms with Crippen molar-refractivity contribution in [1.82, 2.24) is 4.90 Å². The summed E-state index contributed by atoms with van der Waals surface area (Å²) in [7, 11) is 0. The molecule has 1 fully saturated rings. The van der Waals surface area contributed by atoms with Crippen LogP contribution in [0, 0.1) is 11.8 Å². The van der Waals surface area contributed by atoms with Gasteiger partial charge in [-0.05, 0) is 31.5 Å². The molecule has 1 aliphatic rings. The molecule has 1 aromatic carbocycles. The normalized spacial score (nSPS) is 18.4. The summed E-state index contributed by atoms with van der Waals surface area (Å²) in [4.78, 5) is 2.46. The lowest BCUT2D eigenvalue weighted by Gasteiger charge is -2.42. The second-order valence-electron chi connectivity index (χ2n) is 5.76. The largest absolute Gasteiger partial charge is 0.395 e. The minimum Gasteiger partial charge on any atom is -0.395 e. The van der Waals surface area contributed by atoms with Gasteiger partial charge in [-0.15, -0.1) is 0 Å². The summed E-state index contributed by atoms with van der Waals surface area (Å²) in [6, 6.07) is 8.36. The van der Waals surface area contributed by atoms with E-state index in [0.717, 1.165) is 31.9 Å². The monoisotopic (exact) mass is 273 g/mol. The second kappa shape index (κ2) is 6.90. The fourth-order valence-electron chi connectivity index (χ4n) is 2.32. The lowest BCUT2D eigenvalue weighted by molar-refractivity contribution is -0.0552. The molecular weight excluding hydrogens is 250 g/mol. The zero-order chi connectivity index (χ0) is 14.4. The summed E-state index contributed by atoms with van der Waals surface area (Å²) < 4.78 is 5.55. The number of nitrogens with zero attached hydrogens (tertiary/aromatic N) is 1. The Morgan fingerprint density at radius 2 is 2.05 bits per heavy atom. The fraction of sp³-hybridized carbons (Fsp3) is 0.529. The lowest BCUT2D eigenvalue weighted by Crippen LogP contribution is -2.52. The Balaban J connectivity index is 1.98. The molecule has 0 radical (unpaired) electrons. The van der Waals surface area contributed by atoms with Crippen molar-refractivity contribution in [3.8, 4) is 11.8 Å². The molecule has 1 saturated heterocycles. The Labute approximate surface area is 121 Å². The summed E-state index contributed by atoms with van der Waals surface area (Å²) >= 11 is 0.